The van der Waals surface area contributed by atoms with Crippen molar-refractivity contribution >= 4 is 17.6 Å². The van der Waals surface area contributed by atoms with E-state index in [1.807, 2.05) is 24.3 Å². The monoisotopic (exact) mass is 449 g/mol. The van der Waals surface area contributed by atoms with Crippen molar-refractivity contribution in [1.82, 2.24) is 0 Å². The summed E-state index contributed by atoms with van der Waals surface area (Å²) in [5, 5.41) is 8.23. The number of allylic oxidation sites excluding steroid dienone is 2. The van der Waals surface area contributed by atoms with Crippen LogP contribution in [0, 0.1) is 28.6 Å². The lowest BCUT2D eigenvalue weighted by molar-refractivity contribution is -0.149. The maximum Gasteiger partial charge on any atom is 0.426 e. The molecule has 0 saturated heterocycles. The summed E-state index contributed by atoms with van der Waals surface area (Å²) in [5.41, 5.74) is -0.371. The number of esters is 1. The molecule has 0 spiro atoms. The Hall–Kier alpha value is -2.98. The first-order chi connectivity index (χ1) is 14.5. The number of ether oxygens (including phenoxy) is 2. The second-order valence-corrected chi connectivity index (χ2v) is 8.18. The van der Waals surface area contributed by atoms with Gasteiger partial charge in [0.05, 0.1) is 5.92 Å². The van der Waals surface area contributed by atoms with Gasteiger partial charge in [-0.15, -0.1) is 0 Å². The van der Waals surface area contributed by atoms with Gasteiger partial charge in [-0.3, -0.25) is 4.79 Å². The second kappa shape index (κ2) is 8.64. The molecule has 1 saturated carbocycles. The molecule has 162 valence electrons. The standard InChI is InChI=1S/C23H19ClF3NO3/c1-22(2)17(12-19(24)23(25,26)27)20(22)21(29)31-18(13-28)14-7-6-10-16(11-14)30-15-8-4-3-5-9-15/h3-12,17-18,20H,1-2H3/t17-,18-,20+/m1/s1. The first-order valence-corrected chi connectivity index (χ1v) is 9.79. The van der Waals surface area contributed by atoms with E-state index in [4.69, 9.17) is 21.1 Å². The number of halogens is 4. The molecule has 0 bridgehead atoms. The summed E-state index contributed by atoms with van der Waals surface area (Å²) in [6, 6.07) is 17.4. The van der Waals surface area contributed by atoms with E-state index in [9.17, 15) is 23.2 Å². The fourth-order valence-electron chi connectivity index (χ4n) is 3.42. The lowest BCUT2D eigenvalue weighted by Gasteiger charge is -2.13. The topological polar surface area (TPSA) is 59.3 Å². The quantitative estimate of drug-likeness (QED) is 0.469. The molecule has 0 unspecified atom stereocenters. The number of alkyl halides is 3. The van der Waals surface area contributed by atoms with Crippen LogP contribution in [0.25, 0.3) is 0 Å². The molecule has 1 fully saturated rings. The average Bonchev–Trinajstić information content (AvgIpc) is 3.26. The molecule has 0 radical (unpaired) electrons. The third kappa shape index (κ3) is 5.20. The van der Waals surface area contributed by atoms with Crippen LogP contribution in [0.3, 0.4) is 0 Å². The van der Waals surface area contributed by atoms with E-state index in [0.717, 1.165) is 6.08 Å². The first-order valence-electron chi connectivity index (χ1n) is 9.41. The smallest absolute Gasteiger partial charge is 0.426 e. The molecule has 2 aromatic carbocycles. The summed E-state index contributed by atoms with van der Waals surface area (Å²) in [6.07, 6.45) is -5.07. The number of hydrogen-bond donors (Lipinski definition) is 0. The van der Waals surface area contributed by atoms with Crippen LogP contribution in [0.4, 0.5) is 13.2 Å². The molecular formula is C23H19ClF3NO3. The van der Waals surface area contributed by atoms with Gasteiger partial charge in [0.1, 0.15) is 22.6 Å². The number of benzene rings is 2. The van der Waals surface area contributed by atoms with Crippen molar-refractivity contribution in [3.8, 4) is 17.6 Å². The minimum atomic E-state index is -4.68. The van der Waals surface area contributed by atoms with E-state index in [2.05, 4.69) is 0 Å². The number of nitriles is 1. The van der Waals surface area contributed by atoms with Crippen LogP contribution in [0.5, 0.6) is 11.5 Å². The van der Waals surface area contributed by atoms with Crippen LogP contribution in [-0.2, 0) is 9.53 Å². The second-order valence-electron chi connectivity index (χ2n) is 7.77. The average molecular weight is 450 g/mol. The van der Waals surface area contributed by atoms with Gasteiger partial charge in [-0.1, -0.05) is 61.9 Å². The highest BCUT2D eigenvalue weighted by molar-refractivity contribution is 6.30. The van der Waals surface area contributed by atoms with Gasteiger partial charge in [-0.2, -0.15) is 18.4 Å². The molecule has 4 nitrogen and oxygen atoms in total. The third-order valence-electron chi connectivity index (χ3n) is 5.25. The Morgan fingerprint density at radius 1 is 1.16 bits per heavy atom. The van der Waals surface area contributed by atoms with Crippen LogP contribution in [0.1, 0.15) is 25.5 Å². The normalized spacial score (nSPS) is 21.0. The van der Waals surface area contributed by atoms with E-state index in [0.29, 0.717) is 17.1 Å². The van der Waals surface area contributed by atoms with E-state index in [1.165, 1.54) is 0 Å². The summed E-state index contributed by atoms with van der Waals surface area (Å²) >= 11 is 5.32. The first kappa shape index (κ1) is 22.7. The Bertz CT molecular complexity index is 1030. The van der Waals surface area contributed by atoms with Gasteiger partial charge in [0.25, 0.3) is 0 Å². The molecular weight excluding hydrogens is 431 g/mol. The van der Waals surface area contributed by atoms with Crippen LogP contribution in [0.2, 0.25) is 0 Å². The Balaban J connectivity index is 1.72. The van der Waals surface area contributed by atoms with Gasteiger partial charge in [-0.25, -0.2) is 0 Å². The molecule has 8 heteroatoms. The van der Waals surface area contributed by atoms with Crippen LogP contribution < -0.4 is 4.74 Å². The molecule has 2 aromatic rings. The molecule has 3 atom stereocenters. The Kier molecular flexibility index (Phi) is 6.33. The van der Waals surface area contributed by atoms with Crippen molar-refractivity contribution in [2.75, 3.05) is 0 Å². The predicted octanol–water partition coefficient (Wildman–Crippen LogP) is 6.54. The van der Waals surface area contributed by atoms with Crippen molar-refractivity contribution in [2.45, 2.75) is 26.1 Å². The van der Waals surface area contributed by atoms with Gasteiger partial charge in [0.2, 0.25) is 6.10 Å². The highest BCUT2D eigenvalue weighted by atomic mass is 35.5. The maximum absolute atomic E-state index is 12.7. The summed E-state index contributed by atoms with van der Waals surface area (Å²) in [7, 11) is 0. The van der Waals surface area contributed by atoms with Crippen LogP contribution in [-0.4, -0.2) is 12.1 Å². The lowest BCUT2D eigenvalue weighted by atomic mass is 10.1. The molecule has 1 aliphatic rings. The molecule has 0 N–H and O–H groups in total. The fraction of sp³-hybridized carbons (Fsp3) is 0.304. The largest absolute Gasteiger partial charge is 0.457 e. The number of nitrogens with zero attached hydrogens (tertiary/aromatic N) is 1. The van der Waals surface area contributed by atoms with Gasteiger partial charge in [-0.05, 0) is 35.6 Å². The molecule has 31 heavy (non-hydrogen) atoms. The molecule has 1 aliphatic carbocycles. The maximum atomic E-state index is 12.7. The van der Waals surface area contributed by atoms with E-state index < -0.39 is 40.5 Å². The molecule has 0 aliphatic heterocycles. The predicted molar refractivity (Wildman–Crippen MR) is 108 cm³/mol. The van der Waals surface area contributed by atoms with Crippen LogP contribution >= 0.6 is 11.6 Å². The SMILES string of the molecule is CC1(C)[C@H](C=C(Cl)C(F)(F)F)[C@H]1C(=O)O[C@H](C#N)c1cccc(Oc2ccccc2)c1. The Morgan fingerprint density at radius 3 is 2.42 bits per heavy atom. The van der Waals surface area contributed by atoms with Gasteiger partial charge < -0.3 is 9.47 Å². The van der Waals surface area contributed by atoms with Gasteiger partial charge in [0.15, 0.2) is 0 Å². The zero-order valence-electron chi connectivity index (χ0n) is 16.7. The number of rotatable bonds is 6. The minimum absolute atomic E-state index is 0.392. The number of para-hydroxylation sites is 1. The zero-order chi connectivity index (χ0) is 22.8. The van der Waals surface area contributed by atoms with Gasteiger partial charge in [0, 0.05) is 5.56 Å². The minimum Gasteiger partial charge on any atom is -0.457 e. The highest BCUT2D eigenvalue weighted by Gasteiger charge is 2.62. The summed E-state index contributed by atoms with van der Waals surface area (Å²) < 4.78 is 49.2. The van der Waals surface area contributed by atoms with E-state index >= 15 is 0 Å². The number of hydrogen-bond acceptors (Lipinski definition) is 4. The van der Waals surface area contributed by atoms with E-state index in [-0.39, 0.29) is 0 Å². The van der Waals surface area contributed by atoms with E-state index in [1.54, 1.807) is 50.2 Å². The highest BCUT2D eigenvalue weighted by Crippen LogP contribution is 2.60. The van der Waals surface area contributed by atoms with Crippen molar-refractivity contribution in [2.24, 2.45) is 17.3 Å². The van der Waals surface area contributed by atoms with Crippen molar-refractivity contribution in [1.29, 1.82) is 5.26 Å². The third-order valence-corrected chi connectivity index (χ3v) is 5.59. The summed E-state index contributed by atoms with van der Waals surface area (Å²) in [6.45, 7) is 3.30. The van der Waals surface area contributed by atoms with Crippen molar-refractivity contribution < 1.29 is 27.4 Å². The van der Waals surface area contributed by atoms with Gasteiger partial charge >= 0.3 is 12.1 Å². The molecule has 0 amide bonds. The summed E-state index contributed by atoms with van der Waals surface area (Å²) in [4.78, 5) is 12.6. The molecule has 3 rings (SSSR count). The zero-order valence-corrected chi connectivity index (χ0v) is 17.4. The van der Waals surface area contributed by atoms with Crippen LogP contribution in [0.15, 0.2) is 65.7 Å². The number of carbonyl (C=O) groups excluding carboxylic acids is 1. The summed E-state index contributed by atoms with van der Waals surface area (Å²) in [5.74, 6) is -1.27. The Morgan fingerprint density at radius 2 is 1.81 bits per heavy atom. The van der Waals surface area contributed by atoms with Crippen molar-refractivity contribution in [3.63, 3.8) is 0 Å². The lowest BCUT2D eigenvalue weighted by Crippen LogP contribution is -2.14. The van der Waals surface area contributed by atoms with Crippen molar-refractivity contribution in [3.05, 3.63) is 71.3 Å². The fourth-order valence-corrected chi connectivity index (χ4v) is 3.55. The Labute approximate surface area is 182 Å². The molecule has 0 aromatic heterocycles. The number of carbonyl (C=O) groups is 1. The molecule has 0 heterocycles.